The van der Waals surface area contributed by atoms with Crippen molar-refractivity contribution in [2.75, 3.05) is 14.2 Å². The SMILES string of the molecule is CC.CC.CC.CC.CO.CO.c1ccc(C2(c3ccccc3)c3ccccc3-c3ccccc32)cc1. The summed E-state index contributed by atoms with van der Waals surface area (Å²) >= 11 is 0. The molecule has 0 radical (unpaired) electrons. The second kappa shape index (κ2) is 22.0. The van der Waals surface area contributed by atoms with E-state index in [4.69, 9.17) is 10.2 Å². The Labute approximate surface area is 227 Å². The van der Waals surface area contributed by atoms with Gasteiger partial charge in [0.05, 0.1) is 5.41 Å². The predicted molar refractivity (Wildman–Crippen MR) is 165 cm³/mol. The first kappa shape index (κ1) is 36.0. The molecule has 0 saturated heterocycles. The molecule has 0 heterocycles. The van der Waals surface area contributed by atoms with Crippen molar-refractivity contribution in [2.24, 2.45) is 0 Å². The maximum Gasteiger partial charge on any atom is 0.0713 e. The normalized spacial score (nSPS) is 10.4. The third-order valence-electron chi connectivity index (χ3n) is 5.37. The maximum absolute atomic E-state index is 7.00. The summed E-state index contributed by atoms with van der Waals surface area (Å²) in [6, 6.07) is 39.5. The quantitative estimate of drug-likeness (QED) is 0.252. The molecule has 202 valence electrons. The highest BCUT2D eigenvalue weighted by atomic mass is 16.2. The van der Waals surface area contributed by atoms with Gasteiger partial charge in [-0.2, -0.15) is 0 Å². The van der Waals surface area contributed by atoms with E-state index in [-0.39, 0.29) is 5.41 Å². The standard InChI is InChI=1S/C25H18.4C2H6.2CH4O/c1-3-11-19(12-4-1)25(20-13-5-2-6-14-20)23-17-9-7-15-21(23)22-16-8-10-18-24(22)25;6*1-2/h1-18H;4*1-2H3;2*2H,1H3. The number of hydrogen-bond acceptors (Lipinski definition) is 2. The van der Waals surface area contributed by atoms with Crippen molar-refractivity contribution < 1.29 is 10.2 Å². The summed E-state index contributed by atoms with van der Waals surface area (Å²) in [5.41, 5.74) is 7.80. The average Bonchev–Trinajstić information content (AvgIpc) is 3.35. The number of fused-ring (bicyclic) bond motifs is 3. The Morgan fingerprint density at radius 3 is 0.892 bits per heavy atom. The average molecular weight is 503 g/mol. The van der Waals surface area contributed by atoms with E-state index >= 15 is 0 Å². The number of hydrogen-bond donors (Lipinski definition) is 2. The molecule has 5 rings (SSSR count). The molecular formula is C35H50O2. The first-order chi connectivity index (χ1) is 18.4. The van der Waals surface area contributed by atoms with Gasteiger partial charge in [0.2, 0.25) is 0 Å². The van der Waals surface area contributed by atoms with Crippen LogP contribution in [0, 0.1) is 0 Å². The third kappa shape index (κ3) is 7.89. The van der Waals surface area contributed by atoms with Crippen molar-refractivity contribution in [3.05, 3.63) is 131 Å². The Kier molecular flexibility index (Phi) is 21.4. The van der Waals surface area contributed by atoms with E-state index in [0.29, 0.717) is 0 Å². The number of aliphatic hydroxyl groups is 2. The minimum atomic E-state index is -0.254. The molecule has 0 aromatic heterocycles. The van der Waals surface area contributed by atoms with Crippen molar-refractivity contribution in [1.82, 2.24) is 0 Å². The molecule has 2 N–H and O–H groups in total. The molecule has 1 aliphatic rings. The molecule has 2 heteroatoms. The predicted octanol–water partition coefficient (Wildman–Crippen LogP) is 9.37. The zero-order chi connectivity index (χ0) is 28.7. The smallest absolute Gasteiger partial charge is 0.0713 e. The van der Waals surface area contributed by atoms with E-state index in [1.54, 1.807) is 0 Å². The molecule has 0 aliphatic heterocycles. The fourth-order valence-corrected chi connectivity index (χ4v) is 4.40. The van der Waals surface area contributed by atoms with E-state index in [2.05, 4.69) is 109 Å². The van der Waals surface area contributed by atoms with Gasteiger partial charge in [-0.1, -0.05) is 165 Å². The Morgan fingerprint density at radius 1 is 0.351 bits per heavy atom. The minimum Gasteiger partial charge on any atom is -0.400 e. The summed E-state index contributed by atoms with van der Waals surface area (Å²) < 4.78 is 0. The fourth-order valence-electron chi connectivity index (χ4n) is 4.40. The summed E-state index contributed by atoms with van der Waals surface area (Å²) in [4.78, 5) is 0. The van der Waals surface area contributed by atoms with Crippen LogP contribution < -0.4 is 0 Å². The molecule has 0 amide bonds. The van der Waals surface area contributed by atoms with Crippen molar-refractivity contribution in [3.8, 4) is 11.1 Å². The van der Waals surface area contributed by atoms with Gasteiger partial charge in [-0.15, -0.1) is 0 Å². The lowest BCUT2D eigenvalue weighted by Crippen LogP contribution is -2.28. The van der Waals surface area contributed by atoms with Gasteiger partial charge in [-0.3, -0.25) is 0 Å². The molecular weight excluding hydrogens is 452 g/mol. The Morgan fingerprint density at radius 2 is 0.595 bits per heavy atom. The van der Waals surface area contributed by atoms with Crippen molar-refractivity contribution in [2.45, 2.75) is 60.8 Å². The van der Waals surface area contributed by atoms with Crippen LogP contribution >= 0.6 is 0 Å². The molecule has 0 unspecified atom stereocenters. The van der Waals surface area contributed by atoms with Gasteiger partial charge in [0.25, 0.3) is 0 Å². The number of rotatable bonds is 2. The first-order valence-electron chi connectivity index (χ1n) is 13.6. The molecule has 0 atom stereocenters. The first-order valence-corrected chi connectivity index (χ1v) is 13.6. The summed E-state index contributed by atoms with van der Waals surface area (Å²) in [5, 5.41) is 14.0. The summed E-state index contributed by atoms with van der Waals surface area (Å²) in [6.07, 6.45) is 0. The number of aliphatic hydroxyl groups excluding tert-OH is 2. The molecule has 0 saturated carbocycles. The highest BCUT2D eigenvalue weighted by molar-refractivity contribution is 5.86. The van der Waals surface area contributed by atoms with E-state index in [0.717, 1.165) is 14.2 Å². The van der Waals surface area contributed by atoms with Gasteiger partial charge in [0, 0.05) is 14.2 Å². The Hall–Kier alpha value is -3.20. The molecule has 4 aromatic rings. The molecule has 2 nitrogen and oxygen atoms in total. The maximum atomic E-state index is 7.00. The van der Waals surface area contributed by atoms with Crippen LogP contribution in [0.5, 0.6) is 0 Å². The van der Waals surface area contributed by atoms with Crippen LogP contribution in [0.1, 0.15) is 77.6 Å². The fraction of sp³-hybridized carbons (Fsp3) is 0.314. The van der Waals surface area contributed by atoms with E-state index in [1.165, 1.54) is 33.4 Å². The molecule has 0 fully saturated rings. The van der Waals surface area contributed by atoms with Crippen LogP contribution in [0.4, 0.5) is 0 Å². The van der Waals surface area contributed by atoms with Crippen molar-refractivity contribution >= 4 is 0 Å². The van der Waals surface area contributed by atoms with E-state index in [9.17, 15) is 0 Å². The second-order valence-corrected chi connectivity index (χ2v) is 6.57. The lowest BCUT2D eigenvalue weighted by molar-refractivity contribution is 0.399. The van der Waals surface area contributed by atoms with Crippen LogP contribution in [0.3, 0.4) is 0 Å². The van der Waals surface area contributed by atoms with Crippen LogP contribution in [-0.2, 0) is 5.41 Å². The monoisotopic (exact) mass is 502 g/mol. The summed E-state index contributed by atoms with van der Waals surface area (Å²) in [5.74, 6) is 0. The lowest BCUT2D eigenvalue weighted by Gasteiger charge is -2.33. The Balaban J connectivity index is 0. The van der Waals surface area contributed by atoms with Crippen molar-refractivity contribution in [3.63, 3.8) is 0 Å². The highest BCUT2D eigenvalue weighted by Gasteiger charge is 2.45. The van der Waals surface area contributed by atoms with Crippen LogP contribution in [0.15, 0.2) is 109 Å². The zero-order valence-electron chi connectivity index (χ0n) is 24.8. The number of benzene rings is 4. The zero-order valence-corrected chi connectivity index (χ0v) is 24.8. The molecule has 4 aromatic carbocycles. The van der Waals surface area contributed by atoms with Gasteiger partial charge in [-0.05, 0) is 33.4 Å². The molecule has 1 aliphatic carbocycles. The van der Waals surface area contributed by atoms with Gasteiger partial charge >= 0.3 is 0 Å². The largest absolute Gasteiger partial charge is 0.400 e. The third-order valence-corrected chi connectivity index (χ3v) is 5.37. The van der Waals surface area contributed by atoms with Gasteiger partial charge in [0.1, 0.15) is 0 Å². The van der Waals surface area contributed by atoms with Gasteiger partial charge in [-0.25, -0.2) is 0 Å². The minimum absolute atomic E-state index is 0.254. The molecule has 37 heavy (non-hydrogen) atoms. The van der Waals surface area contributed by atoms with Gasteiger partial charge < -0.3 is 10.2 Å². The second-order valence-electron chi connectivity index (χ2n) is 6.57. The van der Waals surface area contributed by atoms with Crippen LogP contribution in [0.2, 0.25) is 0 Å². The highest BCUT2D eigenvalue weighted by Crippen LogP contribution is 2.55. The topological polar surface area (TPSA) is 40.5 Å². The lowest BCUT2D eigenvalue weighted by atomic mass is 9.68. The Bertz CT molecular complexity index is 954. The van der Waals surface area contributed by atoms with E-state index < -0.39 is 0 Å². The summed E-state index contributed by atoms with van der Waals surface area (Å²) in [7, 11) is 2.00. The van der Waals surface area contributed by atoms with Crippen LogP contribution in [0.25, 0.3) is 11.1 Å². The molecule has 0 bridgehead atoms. The van der Waals surface area contributed by atoms with Gasteiger partial charge in [0.15, 0.2) is 0 Å². The van der Waals surface area contributed by atoms with Crippen LogP contribution in [-0.4, -0.2) is 24.4 Å². The van der Waals surface area contributed by atoms with Crippen molar-refractivity contribution in [1.29, 1.82) is 0 Å². The van der Waals surface area contributed by atoms with E-state index in [1.807, 2.05) is 55.4 Å². The summed E-state index contributed by atoms with van der Waals surface area (Å²) in [6.45, 7) is 16.0. The molecule has 0 spiro atoms.